The van der Waals surface area contributed by atoms with Crippen molar-refractivity contribution in [2.45, 2.75) is 26.2 Å². The average Bonchev–Trinajstić information content (AvgIpc) is 2.63. The summed E-state index contributed by atoms with van der Waals surface area (Å²) in [5, 5.41) is 4.03. The van der Waals surface area contributed by atoms with E-state index in [9.17, 15) is 4.79 Å². The van der Waals surface area contributed by atoms with Crippen LogP contribution in [0.2, 0.25) is 0 Å². The molecular weight excluding hydrogens is 326 g/mol. The molecule has 0 saturated carbocycles. The van der Waals surface area contributed by atoms with Gasteiger partial charge in [-0.2, -0.15) is 5.10 Å². The highest BCUT2D eigenvalue weighted by Gasteiger charge is 2.04. The second-order valence-electron chi connectivity index (χ2n) is 6.43. The highest BCUT2D eigenvalue weighted by atomic mass is 16.5. The summed E-state index contributed by atoms with van der Waals surface area (Å²) in [7, 11) is 5.66. The number of hydrazone groups is 1. The Kier molecular flexibility index (Phi) is 7.21. The molecule has 2 aromatic rings. The van der Waals surface area contributed by atoms with E-state index in [1.165, 1.54) is 11.1 Å². The van der Waals surface area contributed by atoms with Crippen LogP contribution in [0.25, 0.3) is 0 Å². The molecule has 138 valence electrons. The first-order valence-corrected chi connectivity index (χ1v) is 8.72. The molecule has 1 N–H and O–H groups in total. The Morgan fingerprint density at radius 1 is 1.19 bits per heavy atom. The third-order valence-electron chi connectivity index (χ3n) is 4.21. The summed E-state index contributed by atoms with van der Waals surface area (Å²) in [6.07, 6.45) is 3.75. The van der Waals surface area contributed by atoms with E-state index >= 15 is 0 Å². The molecule has 0 saturated heterocycles. The zero-order chi connectivity index (χ0) is 18.9. The van der Waals surface area contributed by atoms with Crippen LogP contribution in [0.1, 0.15) is 29.5 Å². The summed E-state index contributed by atoms with van der Waals surface area (Å²) in [5.74, 6) is 0.786. The Morgan fingerprint density at radius 2 is 1.92 bits per heavy atom. The first-order valence-electron chi connectivity index (χ1n) is 8.72. The molecule has 0 aliphatic rings. The number of carbonyl (C=O) groups is 1. The number of ether oxygens (including phenoxy) is 1. The van der Waals surface area contributed by atoms with E-state index < -0.39 is 0 Å². The van der Waals surface area contributed by atoms with Crippen molar-refractivity contribution in [1.29, 1.82) is 0 Å². The highest BCUT2D eigenvalue weighted by molar-refractivity contribution is 5.82. The van der Waals surface area contributed by atoms with E-state index in [0.29, 0.717) is 6.42 Å². The molecule has 5 nitrogen and oxygen atoms in total. The number of nitrogens with one attached hydrogen (secondary N) is 1. The molecule has 0 fully saturated rings. The van der Waals surface area contributed by atoms with Crippen LogP contribution in [-0.2, 0) is 11.2 Å². The van der Waals surface area contributed by atoms with Gasteiger partial charge in [-0.3, -0.25) is 4.79 Å². The van der Waals surface area contributed by atoms with Crippen molar-refractivity contribution in [2.75, 3.05) is 26.1 Å². The molecule has 0 atom stereocenters. The lowest BCUT2D eigenvalue weighted by atomic mass is 10.0. The SMILES string of the molecule is COc1ccc(CCCC(=O)N/N=C/c2ccc(N(C)C)cc2)c(C)c1. The van der Waals surface area contributed by atoms with E-state index in [1.807, 2.05) is 55.4 Å². The van der Waals surface area contributed by atoms with Gasteiger partial charge >= 0.3 is 0 Å². The number of carbonyl (C=O) groups excluding carboxylic acids is 1. The topological polar surface area (TPSA) is 53.9 Å². The van der Waals surface area contributed by atoms with Crippen molar-refractivity contribution < 1.29 is 9.53 Å². The summed E-state index contributed by atoms with van der Waals surface area (Å²) >= 11 is 0. The van der Waals surface area contributed by atoms with Gasteiger partial charge in [-0.25, -0.2) is 5.43 Å². The minimum absolute atomic E-state index is 0.0719. The van der Waals surface area contributed by atoms with E-state index in [1.54, 1.807) is 13.3 Å². The molecule has 0 aliphatic heterocycles. The molecule has 2 rings (SSSR count). The Bertz CT molecular complexity index is 752. The molecule has 0 aliphatic carbocycles. The number of nitrogens with zero attached hydrogens (tertiary/aromatic N) is 2. The Morgan fingerprint density at radius 3 is 2.54 bits per heavy atom. The lowest BCUT2D eigenvalue weighted by Crippen LogP contribution is -2.17. The Labute approximate surface area is 155 Å². The van der Waals surface area contributed by atoms with E-state index in [4.69, 9.17) is 4.74 Å². The van der Waals surface area contributed by atoms with Crippen molar-refractivity contribution in [1.82, 2.24) is 5.43 Å². The molecule has 0 aromatic heterocycles. The van der Waals surface area contributed by atoms with Crippen molar-refractivity contribution in [2.24, 2.45) is 5.10 Å². The maximum atomic E-state index is 11.9. The lowest BCUT2D eigenvalue weighted by molar-refractivity contribution is -0.121. The quantitative estimate of drug-likeness (QED) is 0.583. The third-order valence-corrected chi connectivity index (χ3v) is 4.21. The summed E-state index contributed by atoms with van der Waals surface area (Å²) in [4.78, 5) is 13.9. The number of rotatable bonds is 8. The number of methoxy groups -OCH3 is 1. The molecular formula is C21H27N3O2. The van der Waals surface area contributed by atoms with Gasteiger partial charge in [0.05, 0.1) is 13.3 Å². The zero-order valence-corrected chi connectivity index (χ0v) is 16.0. The highest BCUT2D eigenvalue weighted by Crippen LogP contribution is 2.18. The molecule has 26 heavy (non-hydrogen) atoms. The smallest absolute Gasteiger partial charge is 0.240 e. The van der Waals surface area contributed by atoms with Crippen LogP contribution in [0.4, 0.5) is 5.69 Å². The third kappa shape index (κ3) is 5.92. The number of hydrogen-bond acceptors (Lipinski definition) is 4. The van der Waals surface area contributed by atoms with Gasteiger partial charge in [-0.15, -0.1) is 0 Å². The van der Waals surface area contributed by atoms with Crippen LogP contribution < -0.4 is 15.1 Å². The average molecular weight is 353 g/mol. The van der Waals surface area contributed by atoms with Gasteiger partial charge in [-0.1, -0.05) is 18.2 Å². The summed E-state index contributed by atoms with van der Waals surface area (Å²) < 4.78 is 5.21. The number of benzene rings is 2. The number of hydrogen-bond donors (Lipinski definition) is 1. The summed E-state index contributed by atoms with van der Waals surface area (Å²) in [5.41, 5.74) is 7.08. The van der Waals surface area contributed by atoms with Crippen LogP contribution in [0, 0.1) is 6.92 Å². The lowest BCUT2D eigenvalue weighted by Gasteiger charge is -2.11. The fourth-order valence-corrected chi connectivity index (χ4v) is 2.61. The maximum absolute atomic E-state index is 11.9. The van der Waals surface area contributed by atoms with Crippen molar-refractivity contribution in [3.63, 3.8) is 0 Å². The minimum Gasteiger partial charge on any atom is -0.497 e. The van der Waals surface area contributed by atoms with Crippen LogP contribution in [-0.4, -0.2) is 33.3 Å². The van der Waals surface area contributed by atoms with Gasteiger partial charge in [0.2, 0.25) is 5.91 Å². The summed E-state index contributed by atoms with van der Waals surface area (Å²) in [6, 6.07) is 14.0. The molecule has 0 radical (unpaired) electrons. The van der Waals surface area contributed by atoms with Gasteiger partial charge in [0.15, 0.2) is 0 Å². The number of aryl methyl sites for hydroxylation is 2. The van der Waals surface area contributed by atoms with Gasteiger partial charge in [-0.05, 0) is 60.7 Å². The predicted molar refractivity (Wildman–Crippen MR) is 107 cm³/mol. The van der Waals surface area contributed by atoms with Crippen LogP contribution in [0.5, 0.6) is 5.75 Å². The van der Waals surface area contributed by atoms with E-state index in [2.05, 4.69) is 23.5 Å². The second kappa shape index (κ2) is 9.61. The zero-order valence-electron chi connectivity index (χ0n) is 16.0. The minimum atomic E-state index is -0.0719. The molecule has 2 aromatic carbocycles. The number of anilines is 1. The van der Waals surface area contributed by atoms with Crippen molar-refractivity contribution in [3.8, 4) is 5.75 Å². The first-order chi connectivity index (χ1) is 12.5. The van der Waals surface area contributed by atoms with E-state index in [0.717, 1.165) is 29.8 Å². The second-order valence-corrected chi connectivity index (χ2v) is 6.43. The fourth-order valence-electron chi connectivity index (χ4n) is 2.61. The van der Waals surface area contributed by atoms with Gasteiger partial charge in [0, 0.05) is 26.2 Å². The largest absolute Gasteiger partial charge is 0.497 e. The fraction of sp³-hybridized carbons (Fsp3) is 0.333. The van der Waals surface area contributed by atoms with Crippen molar-refractivity contribution in [3.05, 3.63) is 59.2 Å². The Hall–Kier alpha value is -2.82. The number of amides is 1. The molecule has 5 heteroatoms. The van der Waals surface area contributed by atoms with Gasteiger partial charge < -0.3 is 9.64 Å². The standard InChI is InChI=1S/C21H27N3O2/c1-16-14-20(26-4)13-10-18(16)6-5-7-21(25)23-22-15-17-8-11-19(12-9-17)24(2)3/h8-15H,5-7H2,1-4H3,(H,23,25)/b22-15+. The Balaban J connectivity index is 1.75. The summed E-state index contributed by atoms with van der Waals surface area (Å²) in [6.45, 7) is 2.06. The molecule has 0 spiro atoms. The van der Waals surface area contributed by atoms with Crippen molar-refractivity contribution >= 4 is 17.8 Å². The molecule has 0 heterocycles. The van der Waals surface area contributed by atoms with Gasteiger partial charge in [0.25, 0.3) is 0 Å². The van der Waals surface area contributed by atoms with Gasteiger partial charge in [0.1, 0.15) is 5.75 Å². The predicted octanol–water partition coefficient (Wildman–Crippen LogP) is 3.54. The first kappa shape index (κ1) is 19.5. The molecule has 0 unspecified atom stereocenters. The molecule has 0 bridgehead atoms. The molecule has 1 amide bonds. The monoisotopic (exact) mass is 353 g/mol. The normalized spacial score (nSPS) is 10.8. The maximum Gasteiger partial charge on any atom is 0.240 e. The van der Waals surface area contributed by atoms with Crippen LogP contribution in [0.3, 0.4) is 0 Å². The van der Waals surface area contributed by atoms with Crippen LogP contribution in [0.15, 0.2) is 47.6 Å². The van der Waals surface area contributed by atoms with Crippen LogP contribution >= 0.6 is 0 Å². The van der Waals surface area contributed by atoms with E-state index in [-0.39, 0.29) is 5.91 Å².